The van der Waals surface area contributed by atoms with Gasteiger partial charge in [-0.15, -0.1) is 0 Å². The van der Waals surface area contributed by atoms with Gasteiger partial charge < -0.3 is 24.8 Å². The molecule has 0 radical (unpaired) electrons. The van der Waals surface area contributed by atoms with Crippen molar-refractivity contribution in [1.82, 2.24) is 0 Å². The number of allylic oxidation sites excluding steroid dienone is 5. The van der Waals surface area contributed by atoms with Crippen LogP contribution in [0.5, 0.6) is 0 Å². The molecule has 1 aromatic rings. The molecule has 4 heteroatoms. The fraction of sp³-hybridized carbons (Fsp3) is 0.429. The quantitative estimate of drug-likeness (QED) is 0.356. The van der Waals surface area contributed by atoms with Crippen LogP contribution in [0, 0.1) is 11.8 Å². The summed E-state index contributed by atoms with van der Waals surface area (Å²) >= 11 is -0.691. The van der Waals surface area contributed by atoms with Crippen molar-refractivity contribution < 1.29 is 47.7 Å². The first-order valence-electron chi connectivity index (χ1n) is 9.05. The predicted molar refractivity (Wildman–Crippen MR) is 96.7 cm³/mol. The van der Waals surface area contributed by atoms with Crippen LogP contribution in [0.15, 0.2) is 53.9 Å². The molecular formula is C21H23Cl2HfP. The van der Waals surface area contributed by atoms with Crippen LogP contribution in [0.1, 0.15) is 34.6 Å². The molecule has 1 saturated carbocycles. The zero-order valence-electron chi connectivity index (χ0n) is 14.4. The summed E-state index contributed by atoms with van der Waals surface area (Å²) in [5.41, 5.74) is 4.35. The Morgan fingerprint density at radius 3 is 2.76 bits per heavy atom. The van der Waals surface area contributed by atoms with Gasteiger partial charge in [0.15, 0.2) is 0 Å². The Balaban J connectivity index is 0.000000911. The molecule has 1 aromatic carbocycles. The summed E-state index contributed by atoms with van der Waals surface area (Å²) in [5.74, 6) is 1.78. The van der Waals surface area contributed by atoms with Crippen molar-refractivity contribution >= 4 is 14.0 Å². The number of halogens is 2. The SMILES string of the molecule is CCCP1C2=Cc3ccccc3[CH]2[Hf+2][CH]2C3C=CC=CC3CC21.[Cl-].[Cl-]. The van der Waals surface area contributed by atoms with Crippen molar-refractivity contribution in [2.24, 2.45) is 11.8 Å². The normalized spacial score (nSPS) is 35.6. The maximum absolute atomic E-state index is 2.64. The summed E-state index contributed by atoms with van der Waals surface area (Å²) < 4.78 is 2.05. The molecule has 0 N–H and O–H groups in total. The van der Waals surface area contributed by atoms with Crippen molar-refractivity contribution in [3.63, 3.8) is 0 Å². The van der Waals surface area contributed by atoms with Crippen LogP contribution in [0.25, 0.3) is 6.08 Å². The van der Waals surface area contributed by atoms with Crippen molar-refractivity contribution in [3.05, 3.63) is 65.0 Å². The van der Waals surface area contributed by atoms with Crippen LogP contribution in [-0.2, 0) is 22.9 Å². The van der Waals surface area contributed by atoms with E-state index in [9.17, 15) is 0 Å². The molecule has 25 heavy (non-hydrogen) atoms. The first-order valence-corrected chi connectivity index (χ1v) is 14.8. The van der Waals surface area contributed by atoms with Gasteiger partial charge in [-0.3, -0.25) is 0 Å². The third-order valence-electron chi connectivity index (χ3n) is 6.10. The van der Waals surface area contributed by atoms with Crippen molar-refractivity contribution in [2.75, 3.05) is 6.16 Å². The average Bonchev–Trinajstić information content (AvgIpc) is 3.14. The summed E-state index contributed by atoms with van der Waals surface area (Å²) in [6, 6.07) is 9.31. The second-order valence-electron chi connectivity index (χ2n) is 7.33. The van der Waals surface area contributed by atoms with E-state index in [0.29, 0.717) is 0 Å². The molecule has 0 bridgehead atoms. The van der Waals surface area contributed by atoms with Crippen molar-refractivity contribution in [2.45, 2.75) is 32.8 Å². The van der Waals surface area contributed by atoms with Gasteiger partial charge in [-0.25, -0.2) is 0 Å². The van der Waals surface area contributed by atoms with Gasteiger partial charge in [-0.1, -0.05) is 0 Å². The third-order valence-corrected chi connectivity index (χ3v) is 18.9. The van der Waals surface area contributed by atoms with Gasteiger partial charge in [-0.05, 0) is 0 Å². The van der Waals surface area contributed by atoms with Gasteiger partial charge in [0.2, 0.25) is 0 Å². The van der Waals surface area contributed by atoms with E-state index in [1.807, 2.05) is 5.31 Å². The van der Waals surface area contributed by atoms with Gasteiger partial charge >= 0.3 is 153 Å². The summed E-state index contributed by atoms with van der Waals surface area (Å²) in [7, 11) is 0.106. The standard InChI is InChI=1S/C21H23P.2ClH.Hf/c1-2-11-22(20-12-16-7-3-4-8-17(16)13-20)21-14-18-9-5-6-10-19(18)15-21;;;/h3-10,12-14,18-19,21H,2,11,15H2,1H3;2*1H;/q;;;+2/p-2. The average molecular weight is 556 g/mol. The van der Waals surface area contributed by atoms with E-state index in [0.717, 1.165) is 24.8 Å². The molecule has 3 aliphatic carbocycles. The van der Waals surface area contributed by atoms with Crippen LogP contribution in [0.3, 0.4) is 0 Å². The monoisotopic (exact) mass is 556 g/mol. The molecule has 0 spiro atoms. The number of benzene rings is 1. The van der Waals surface area contributed by atoms with Crippen molar-refractivity contribution in [1.29, 1.82) is 0 Å². The van der Waals surface area contributed by atoms with E-state index in [-0.39, 0.29) is 32.7 Å². The number of rotatable bonds is 2. The predicted octanol–water partition coefficient (Wildman–Crippen LogP) is -0.00260. The van der Waals surface area contributed by atoms with Crippen LogP contribution >= 0.6 is 7.92 Å². The fourth-order valence-electron chi connectivity index (χ4n) is 5.17. The molecule has 0 amide bonds. The van der Waals surface area contributed by atoms with E-state index < -0.39 is 22.9 Å². The summed E-state index contributed by atoms with van der Waals surface area (Å²) in [5, 5.41) is 1.93. The van der Waals surface area contributed by atoms with Gasteiger partial charge in [0, 0.05) is 0 Å². The molecule has 4 aliphatic rings. The Morgan fingerprint density at radius 2 is 1.92 bits per heavy atom. The molecule has 1 heterocycles. The van der Waals surface area contributed by atoms with E-state index in [4.69, 9.17) is 0 Å². The van der Waals surface area contributed by atoms with Crippen LogP contribution < -0.4 is 24.8 Å². The molecule has 1 saturated heterocycles. The molecule has 2 fully saturated rings. The van der Waals surface area contributed by atoms with E-state index >= 15 is 0 Å². The second kappa shape index (κ2) is 8.14. The van der Waals surface area contributed by atoms with Gasteiger partial charge in [-0.2, -0.15) is 0 Å². The summed E-state index contributed by atoms with van der Waals surface area (Å²) in [6.45, 7) is 2.40. The molecular weight excluding hydrogens is 533 g/mol. The van der Waals surface area contributed by atoms with Crippen LogP contribution in [0.2, 0.25) is 3.67 Å². The maximum Gasteiger partial charge on any atom is -1.00 e. The van der Waals surface area contributed by atoms with E-state index in [1.165, 1.54) is 19.0 Å². The largest absolute Gasteiger partial charge is 1.00 e. The zero-order chi connectivity index (χ0) is 15.4. The number of fused-ring (bicyclic) bond motifs is 6. The van der Waals surface area contributed by atoms with Crippen LogP contribution in [0.4, 0.5) is 0 Å². The Morgan fingerprint density at radius 1 is 1.12 bits per heavy atom. The van der Waals surface area contributed by atoms with Gasteiger partial charge in [0.25, 0.3) is 0 Å². The second-order valence-corrected chi connectivity index (χ2v) is 15.6. The Hall–Kier alpha value is 0.320. The zero-order valence-corrected chi connectivity index (χ0v) is 20.4. The third kappa shape index (κ3) is 3.22. The van der Waals surface area contributed by atoms with E-state index in [1.54, 1.807) is 11.1 Å². The molecule has 6 atom stereocenters. The number of hydrogen-bond donors (Lipinski definition) is 0. The minimum absolute atomic E-state index is 0. The molecule has 1 aliphatic heterocycles. The van der Waals surface area contributed by atoms with Crippen molar-refractivity contribution in [3.8, 4) is 0 Å². The maximum atomic E-state index is 2.64. The Kier molecular flexibility index (Phi) is 6.53. The smallest absolute Gasteiger partial charge is 1.00 e. The molecule has 130 valence electrons. The first kappa shape index (κ1) is 20.1. The molecule has 0 aromatic heterocycles. The fourth-order valence-corrected chi connectivity index (χ4v) is 20.8. The topological polar surface area (TPSA) is 0 Å². The summed E-state index contributed by atoms with van der Waals surface area (Å²) in [4.78, 5) is 0. The van der Waals surface area contributed by atoms with Crippen LogP contribution in [-0.4, -0.2) is 11.8 Å². The minimum Gasteiger partial charge on any atom is -1.00 e. The molecule has 6 unspecified atom stereocenters. The Labute approximate surface area is 176 Å². The van der Waals surface area contributed by atoms with E-state index in [2.05, 4.69) is 61.6 Å². The number of hydrogen-bond acceptors (Lipinski definition) is 0. The minimum atomic E-state index is -0.691. The molecule has 0 nitrogen and oxygen atoms in total. The summed E-state index contributed by atoms with van der Waals surface area (Å²) in [6.07, 6.45) is 16.7. The first-order chi connectivity index (χ1) is 11.4. The molecule has 5 rings (SSSR count). The van der Waals surface area contributed by atoms with Gasteiger partial charge in [0.1, 0.15) is 0 Å². The Bertz CT molecular complexity index is 726. The van der Waals surface area contributed by atoms with Gasteiger partial charge in [0.05, 0.1) is 0 Å².